The summed E-state index contributed by atoms with van der Waals surface area (Å²) in [6.45, 7) is 0.687. The van der Waals surface area contributed by atoms with Crippen LogP contribution in [0.2, 0.25) is 0 Å². The lowest BCUT2D eigenvalue weighted by molar-refractivity contribution is 0.311. The molecule has 22 heavy (non-hydrogen) atoms. The van der Waals surface area contributed by atoms with Gasteiger partial charge in [-0.25, -0.2) is 4.98 Å². The van der Waals surface area contributed by atoms with Crippen molar-refractivity contribution in [3.05, 3.63) is 42.1 Å². The van der Waals surface area contributed by atoms with Crippen molar-refractivity contribution in [1.29, 1.82) is 0 Å². The summed E-state index contributed by atoms with van der Waals surface area (Å²) >= 11 is 0. The molecular weight excluding hydrogens is 280 g/mol. The number of ether oxygens (including phenoxy) is 2. The van der Waals surface area contributed by atoms with E-state index in [9.17, 15) is 0 Å². The molecule has 0 amide bonds. The minimum atomic E-state index is 0.195. The molecule has 1 N–H and O–H groups in total. The molecule has 2 aromatic rings. The Morgan fingerprint density at radius 1 is 1.09 bits per heavy atom. The zero-order valence-electron chi connectivity index (χ0n) is 13.4. The Morgan fingerprint density at radius 3 is 2.41 bits per heavy atom. The third-order valence-electron chi connectivity index (χ3n) is 3.42. The normalized spacial score (nSPS) is 12.0. The summed E-state index contributed by atoms with van der Waals surface area (Å²) in [4.78, 5) is 10.6. The van der Waals surface area contributed by atoms with Crippen molar-refractivity contribution in [2.75, 3.05) is 40.2 Å². The Labute approximate surface area is 131 Å². The molecule has 0 bridgehead atoms. The topological polar surface area (TPSA) is 59.5 Å². The van der Waals surface area contributed by atoms with Crippen molar-refractivity contribution in [2.45, 2.75) is 6.04 Å². The number of rotatable bonds is 7. The number of hydrogen-bond acceptors (Lipinski definition) is 6. The second kappa shape index (κ2) is 7.61. The average Bonchev–Trinajstić information content (AvgIpc) is 2.55. The summed E-state index contributed by atoms with van der Waals surface area (Å²) in [7, 11) is 7.35. The standard InChI is InChI=1S/C16H22N4O2/c1-20(2)14(12-5-7-13(21-3)8-6-12)11-18-16-17-10-9-15(19-16)22-4/h5-10,14H,11H2,1-4H3,(H,17,18,19)/t14-/m0/s1. The lowest BCUT2D eigenvalue weighted by Crippen LogP contribution is -2.27. The molecule has 2 rings (SSSR count). The zero-order chi connectivity index (χ0) is 15.9. The van der Waals surface area contributed by atoms with Crippen LogP contribution in [-0.4, -0.2) is 49.7 Å². The van der Waals surface area contributed by atoms with Crippen LogP contribution in [-0.2, 0) is 0 Å². The fourth-order valence-electron chi connectivity index (χ4n) is 2.15. The Kier molecular flexibility index (Phi) is 5.55. The van der Waals surface area contributed by atoms with Crippen LogP contribution in [0.4, 0.5) is 5.95 Å². The van der Waals surface area contributed by atoms with Crippen LogP contribution in [0.25, 0.3) is 0 Å². The van der Waals surface area contributed by atoms with Crippen LogP contribution in [0.3, 0.4) is 0 Å². The van der Waals surface area contributed by atoms with E-state index in [1.807, 2.05) is 26.2 Å². The van der Waals surface area contributed by atoms with Gasteiger partial charge in [0.1, 0.15) is 5.75 Å². The summed E-state index contributed by atoms with van der Waals surface area (Å²) < 4.78 is 10.3. The summed E-state index contributed by atoms with van der Waals surface area (Å²) in [6.07, 6.45) is 1.67. The van der Waals surface area contributed by atoms with Crippen molar-refractivity contribution in [2.24, 2.45) is 0 Å². The number of benzene rings is 1. The van der Waals surface area contributed by atoms with Gasteiger partial charge in [-0.1, -0.05) is 12.1 Å². The minimum absolute atomic E-state index is 0.195. The molecule has 0 aliphatic carbocycles. The summed E-state index contributed by atoms with van der Waals surface area (Å²) in [5.41, 5.74) is 1.20. The first kappa shape index (κ1) is 16.0. The number of anilines is 1. The van der Waals surface area contributed by atoms with E-state index in [1.165, 1.54) is 5.56 Å². The van der Waals surface area contributed by atoms with E-state index in [-0.39, 0.29) is 6.04 Å². The Morgan fingerprint density at radius 2 is 1.82 bits per heavy atom. The lowest BCUT2D eigenvalue weighted by atomic mass is 10.1. The highest BCUT2D eigenvalue weighted by molar-refractivity contribution is 5.32. The molecule has 0 aliphatic heterocycles. The average molecular weight is 302 g/mol. The third-order valence-corrected chi connectivity index (χ3v) is 3.42. The van der Waals surface area contributed by atoms with E-state index in [4.69, 9.17) is 9.47 Å². The second-order valence-corrected chi connectivity index (χ2v) is 5.06. The maximum atomic E-state index is 5.20. The van der Waals surface area contributed by atoms with Gasteiger partial charge in [-0.15, -0.1) is 0 Å². The molecule has 0 aliphatic rings. The highest BCUT2D eigenvalue weighted by atomic mass is 16.5. The van der Waals surface area contributed by atoms with Gasteiger partial charge in [0, 0.05) is 18.8 Å². The van der Waals surface area contributed by atoms with Gasteiger partial charge >= 0.3 is 0 Å². The summed E-state index contributed by atoms with van der Waals surface area (Å²) in [6, 6.07) is 9.98. The maximum absolute atomic E-state index is 5.20. The van der Waals surface area contributed by atoms with E-state index in [2.05, 4.69) is 32.3 Å². The van der Waals surface area contributed by atoms with Crippen LogP contribution in [0.15, 0.2) is 36.5 Å². The highest BCUT2D eigenvalue weighted by Crippen LogP contribution is 2.21. The number of likely N-dealkylation sites (N-methyl/N-ethyl adjacent to an activating group) is 1. The molecule has 0 spiro atoms. The second-order valence-electron chi connectivity index (χ2n) is 5.06. The molecule has 0 saturated carbocycles. The Bertz CT molecular complexity index is 587. The highest BCUT2D eigenvalue weighted by Gasteiger charge is 2.14. The Balaban J connectivity index is 2.07. The van der Waals surface area contributed by atoms with Crippen molar-refractivity contribution in [1.82, 2.24) is 14.9 Å². The largest absolute Gasteiger partial charge is 0.497 e. The smallest absolute Gasteiger partial charge is 0.226 e. The first-order valence-electron chi connectivity index (χ1n) is 7.05. The quantitative estimate of drug-likeness (QED) is 0.846. The fourth-order valence-corrected chi connectivity index (χ4v) is 2.15. The van der Waals surface area contributed by atoms with Gasteiger partial charge in [0.25, 0.3) is 0 Å². The molecule has 118 valence electrons. The van der Waals surface area contributed by atoms with Gasteiger partial charge in [-0.3, -0.25) is 0 Å². The van der Waals surface area contributed by atoms with E-state index in [1.54, 1.807) is 26.5 Å². The number of nitrogens with one attached hydrogen (secondary N) is 1. The van der Waals surface area contributed by atoms with Crippen LogP contribution in [0.1, 0.15) is 11.6 Å². The van der Waals surface area contributed by atoms with E-state index < -0.39 is 0 Å². The minimum Gasteiger partial charge on any atom is -0.497 e. The van der Waals surface area contributed by atoms with E-state index in [0.717, 1.165) is 5.75 Å². The van der Waals surface area contributed by atoms with Gasteiger partial charge < -0.3 is 19.7 Å². The molecule has 0 saturated heterocycles. The Hall–Kier alpha value is -2.34. The number of aromatic nitrogens is 2. The molecule has 6 nitrogen and oxygen atoms in total. The summed E-state index contributed by atoms with van der Waals surface area (Å²) in [5, 5.41) is 3.25. The first-order chi connectivity index (χ1) is 10.6. The molecular formula is C16H22N4O2. The van der Waals surface area contributed by atoms with Crippen LogP contribution >= 0.6 is 0 Å². The maximum Gasteiger partial charge on any atom is 0.226 e. The molecule has 6 heteroatoms. The van der Waals surface area contributed by atoms with Gasteiger partial charge in [0.2, 0.25) is 11.8 Å². The van der Waals surface area contributed by atoms with Crippen molar-refractivity contribution in [3.63, 3.8) is 0 Å². The molecule has 1 aromatic heterocycles. The van der Waals surface area contributed by atoms with Crippen LogP contribution < -0.4 is 14.8 Å². The van der Waals surface area contributed by atoms with Gasteiger partial charge in [0.15, 0.2) is 0 Å². The van der Waals surface area contributed by atoms with Gasteiger partial charge in [0.05, 0.1) is 20.3 Å². The molecule has 0 radical (unpaired) electrons. The molecule has 0 unspecified atom stereocenters. The predicted molar refractivity (Wildman–Crippen MR) is 86.5 cm³/mol. The SMILES string of the molecule is COc1ccc([C@H](CNc2nccc(OC)n2)N(C)C)cc1. The van der Waals surface area contributed by atoms with Crippen LogP contribution in [0, 0.1) is 0 Å². The zero-order valence-corrected chi connectivity index (χ0v) is 13.4. The van der Waals surface area contributed by atoms with E-state index in [0.29, 0.717) is 18.4 Å². The van der Waals surface area contributed by atoms with Gasteiger partial charge in [-0.2, -0.15) is 4.98 Å². The number of nitrogens with zero attached hydrogens (tertiary/aromatic N) is 3. The predicted octanol–water partition coefficient (Wildman–Crippen LogP) is 2.21. The molecule has 0 fully saturated rings. The molecule has 1 heterocycles. The summed E-state index contributed by atoms with van der Waals surface area (Å²) in [5.74, 6) is 1.95. The third kappa shape index (κ3) is 4.08. The number of methoxy groups -OCH3 is 2. The molecule has 1 aromatic carbocycles. The van der Waals surface area contributed by atoms with E-state index >= 15 is 0 Å². The molecule has 1 atom stereocenters. The van der Waals surface area contributed by atoms with Gasteiger partial charge in [-0.05, 0) is 31.8 Å². The fraction of sp³-hybridized carbons (Fsp3) is 0.375. The van der Waals surface area contributed by atoms with Crippen molar-refractivity contribution in [3.8, 4) is 11.6 Å². The monoisotopic (exact) mass is 302 g/mol. The van der Waals surface area contributed by atoms with Crippen molar-refractivity contribution >= 4 is 5.95 Å². The lowest BCUT2D eigenvalue weighted by Gasteiger charge is -2.25. The van der Waals surface area contributed by atoms with Crippen molar-refractivity contribution < 1.29 is 9.47 Å². The van der Waals surface area contributed by atoms with Crippen LogP contribution in [0.5, 0.6) is 11.6 Å². The number of hydrogen-bond donors (Lipinski definition) is 1. The first-order valence-corrected chi connectivity index (χ1v) is 7.05.